The molecule has 0 aromatic rings. The number of ether oxygens (including phenoxy) is 1. The number of nitrogens with one attached hydrogen (secondary N) is 1. The van der Waals surface area contributed by atoms with E-state index in [1.807, 2.05) is 18.8 Å². The Morgan fingerprint density at radius 1 is 1.41 bits per heavy atom. The van der Waals surface area contributed by atoms with Crippen molar-refractivity contribution >= 4 is 41.7 Å². The van der Waals surface area contributed by atoms with Crippen LogP contribution < -0.4 is 5.32 Å². The van der Waals surface area contributed by atoms with E-state index in [-0.39, 0.29) is 24.0 Å². The molecule has 0 aromatic heterocycles. The van der Waals surface area contributed by atoms with Crippen molar-refractivity contribution < 1.29 is 4.74 Å². The van der Waals surface area contributed by atoms with Gasteiger partial charge in [0, 0.05) is 43.8 Å². The van der Waals surface area contributed by atoms with Gasteiger partial charge in [-0.1, -0.05) is 13.8 Å². The first-order valence-electron chi connectivity index (χ1n) is 8.10. The second-order valence-corrected chi connectivity index (χ2v) is 8.33. The second kappa shape index (κ2) is 11.0. The summed E-state index contributed by atoms with van der Waals surface area (Å²) in [6, 6.07) is 0. The van der Waals surface area contributed by atoms with Crippen molar-refractivity contribution in [3.05, 3.63) is 0 Å². The summed E-state index contributed by atoms with van der Waals surface area (Å²) >= 11 is 2.05. The lowest BCUT2D eigenvalue weighted by molar-refractivity contribution is 0.0257. The Kier molecular flexibility index (Phi) is 11.1. The molecule has 0 spiro atoms. The van der Waals surface area contributed by atoms with Crippen molar-refractivity contribution in [3.8, 4) is 0 Å². The molecule has 22 heavy (non-hydrogen) atoms. The van der Waals surface area contributed by atoms with Gasteiger partial charge in [-0.25, -0.2) is 0 Å². The Bertz CT molecular complexity index is 337. The number of hydrogen-bond acceptors (Lipinski definition) is 3. The van der Waals surface area contributed by atoms with Crippen LogP contribution in [0.15, 0.2) is 4.99 Å². The highest BCUT2D eigenvalue weighted by Gasteiger charge is 2.28. The fourth-order valence-corrected chi connectivity index (χ4v) is 3.79. The van der Waals surface area contributed by atoms with E-state index in [1.54, 1.807) is 0 Å². The number of hydrogen-bond donors (Lipinski definition) is 1. The van der Waals surface area contributed by atoms with E-state index in [1.165, 1.54) is 5.75 Å². The quantitative estimate of drug-likeness (QED) is 0.388. The summed E-state index contributed by atoms with van der Waals surface area (Å²) in [6.07, 6.45) is 1.35. The molecule has 0 aliphatic carbocycles. The number of rotatable bonds is 6. The molecule has 0 saturated carbocycles. The van der Waals surface area contributed by atoms with Crippen molar-refractivity contribution in [1.82, 2.24) is 10.2 Å². The fourth-order valence-electron chi connectivity index (χ4n) is 2.68. The summed E-state index contributed by atoms with van der Waals surface area (Å²) in [4.78, 5) is 6.82. The van der Waals surface area contributed by atoms with E-state index in [9.17, 15) is 0 Å². The number of halogens is 1. The highest BCUT2D eigenvalue weighted by atomic mass is 127. The van der Waals surface area contributed by atoms with Gasteiger partial charge in [-0.2, -0.15) is 11.8 Å². The van der Waals surface area contributed by atoms with Crippen molar-refractivity contribution in [3.63, 3.8) is 0 Å². The third-order valence-electron chi connectivity index (χ3n) is 3.77. The fraction of sp³-hybridized carbons (Fsp3) is 0.938. The van der Waals surface area contributed by atoms with Gasteiger partial charge in [-0.3, -0.25) is 4.99 Å². The van der Waals surface area contributed by atoms with Crippen molar-refractivity contribution in [2.45, 2.75) is 51.9 Å². The summed E-state index contributed by atoms with van der Waals surface area (Å²) in [5.74, 6) is 2.75. The molecule has 1 unspecified atom stereocenters. The highest BCUT2D eigenvalue weighted by molar-refractivity contribution is 14.0. The van der Waals surface area contributed by atoms with Crippen LogP contribution in [0.2, 0.25) is 0 Å². The van der Waals surface area contributed by atoms with E-state index in [0.29, 0.717) is 16.8 Å². The zero-order valence-electron chi connectivity index (χ0n) is 15.0. The molecule has 0 radical (unpaired) electrons. The largest absolute Gasteiger partial charge is 0.378 e. The van der Waals surface area contributed by atoms with E-state index >= 15 is 0 Å². The smallest absolute Gasteiger partial charge is 0.193 e. The Balaban J connectivity index is 0.00000441. The minimum atomic E-state index is 0. The maximum Gasteiger partial charge on any atom is 0.193 e. The molecule has 1 rings (SSSR count). The van der Waals surface area contributed by atoms with Crippen LogP contribution in [0.5, 0.6) is 0 Å². The predicted octanol–water partition coefficient (Wildman–Crippen LogP) is 3.46. The molecule has 0 aromatic carbocycles. The standard InChI is InChI=1S/C16H33N3OS.HI/c1-7-20-14(13(2)3)8-9-18-15(17-6)19-10-11-21-16(4,5)12-19;/h13-14H,7-12H2,1-6H3,(H,17,18);1H. The Morgan fingerprint density at radius 2 is 2.09 bits per heavy atom. The first kappa shape index (κ1) is 22.3. The number of thioether (sulfide) groups is 1. The number of guanidine groups is 1. The van der Waals surface area contributed by atoms with Gasteiger partial charge in [0.25, 0.3) is 0 Å². The Hall–Kier alpha value is 0.310. The topological polar surface area (TPSA) is 36.9 Å². The molecule has 1 N–H and O–H groups in total. The van der Waals surface area contributed by atoms with Crippen molar-refractivity contribution in [2.24, 2.45) is 10.9 Å². The van der Waals surface area contributed by atoms with Crippen LogP contribution in [-0.4, -0.2) is 60.8 Å². The van der Waals surface area contributed by atoms with Gasteiger partial charge in [0.1, 0.15) is 0 Å². The van der Waals surface area contributed by atoms with Gasteiger partial charge >= 0.3 is 0 Å². The lowest BCUT2D eigenvalue weighted by atomic mass is 10.0. The first-order chi connectivity index (χ1) is 9.89. The Labute approximate surface area is 158 Å². The molecule has 132 valence electrons. The monoisotopic (exact) mass is 443 g/mol. The van der Waals surface area contributed by atoms with Crippen LogP contribution in [0.3, 0.4) is 0 Å². The molecule has 4 nitrogen and oxygen atoms in total. The molecule has 1 atom stereocenters. The number of aliphatic imine (C=N–C) groups is 1. The summed E-state index contributed by atoms with van der Waals surface area (Å²) in [6.45, 7) is 15.0. The zero-order valence-corrected chi connectivity index (χ0v) is 18.2. The molecule has 0 amide bonds. The third-order valence-corrected chi connectivity index (χ3v) is 5.07. The molecule has 1 heterocycles. The average molecular weight is 443 g/mol. The normalized spacial score (nSPS) is 19.8. The third kappa shape index (κ3) is 7.73. The van der Waals surface area contributed by atoms with E-state index in [0.717, 1.165) is 38.6 Å². The maximum atomic E-state index is 5.80. The minimum absolute atomic E-state index is 0. The molecule has 1 saturated heterocycles. The SMILES string of the molecule is CCOC(CCNC(=NC)N1CCSC(C)(C)C1)C(C)C.I. The van der Waals surface area contributed by atoms with E-state index < -0.39 is 0 Å². The van der Waals surface area contributed by atoms with Crippen LogP contribution in [0.1, 0.15) is 41.0 Å². The first-order valence-corrected chi connectivity index (χ1v) is 9.09. The van der Waals surface area contributed by atoms with Crippen LogP contribution >= 0.6 is 35.7 Å². The molecule has 0 bridgehead atoms. The lowest BCUT2D eigenvalue weighted by Crippen LogP contribution is -2.51. The summed E-state index contributed by atoms with van der Waals surface area (Å²) in [5.41, 5.74) is 0. The maximum absolute atomic E-state index is 5.80. The molecule has 1 fully saturated rings. The van der Waals surface area contributed by atoms with Gasteiger partial charge in [-0.15, -0.1) is 24.0 Å². The number of nitrogens with zero attached hydrogens (tertiary/aromatic N) is 2. The molecule has 6 heteroatoms. The van der Waals surface area contributed by atoms with Gasteiger partial charge in [0.15, 0.2) is 5.96 Å². The zero-order chi connectivity index (χ0) is 15.9. The van der Waals surface area contributed by atoms with E-state index in [2.05, 4.69) is 49.8 Å². The predicted molar refractivity (Wildman–Crippen MR) is 110 cm³/mol. The van der Waals surface area contributed by atoms with Crippen molar-refractivity contribution in [2.75, 3.05) is 39.0 Å². The molecule has 1 aliphatic heterocycles. The summed E-state index contributed by atoms with van der Waals surface area (Å²) < 4.78 is 6.11. The van der Waals surface area contributed by atoms with E-state index in [4.69, 9.17) is 4.74 Å². The van der Waals surface area contributed by atoms with Crippen molar-refractivity contribution in [1.29, 1.82) is 0 Å². The second-order valence-electron chi connectivity index (χ2n) is 6.53. The summed E-state index contributed by atoms with van der Waals surface area (Å²) in [5, 5.41) is 3.51. The lowest BCUT2D eigenvalue weighted by Gasteiger charge is -2.39. The van der Waals surface area contributed by atoms with Crippen LogP contribution in [0, 0.1) is 5.92 Å². The molecule has 1 aliphatic rings. The van der Waals surface area contributed by atoms with Crippen LogP contribution in [-0.2, 0) is 4.74 Å². The summed E-state index contributed by atoms with van der Waals surface area (Å²) in [7, 11) is 1.87. The molecular formula is C16H34IN3OS. The molecular weight excluding hydrogens is 409 g/mol. The van der Waals surface area contributed by atoms with Gasteiger partial charge < -0.3 is 15.0 Å². The highest BCUT2D eigenvalue weighted by Crippen LogP contribution is 2.29. The van der Waals surface area contributed by atoms with Gasteiger partial charge in [-0.05, 0) is 33.1 Å². The Morgan fingerprint density at radius 3 is 2.59 bits per heavy atom. The minimum Gasteiger partial charge on any atom is -0.378 e. The van der Waals surface area contributed by atoms with Gasteiger partial charge in [0.2, 0.25) is 0 Å². The average Bonchev–Trinajstić information content (AvgIpc) is 2.41. The van der Waals surface area contributed by atoms with Crippen LogP contribution in [0.4, 0.5) is 0 Å². The van der Waals surface area contributed by atoms with Crippen LogP contribution in [0.25, 0.3) is 0 Å². The van der Waals surface area contributed by atoms with Gasteiger partial charge in [0.05, 0.1) is 6.10 Å².